The van der Waals surface area contributed by atoms with E-state index < -0.39 is 137 Å². The fourth-order valence-corrected chi connectivity index (χ4v) is 5.02. The van der Waals surface area contributed by atoms with Gasteiger partial charge in [0.2, 0.25) is 65.0 Å². The average molecular weight is 899 g/mol. The largest absolute Gasteiger partial charge is 0.480 e. The van der Waals surface area contributed by atoms with Gasteiger partial charge in [-0.25, -0.2) is 0 Å². The fourth-order valence-electron chi connectivity index (χ4n) is 5.02. The number of hydrogen-bond acceptors (Lipinski definition) is 13. The number of carboxylic acid groups (broad SMARTS) is 1. The molecule has 0 saturated heterocycles. The summed E-state index contributed by atoms with van der Waals surface area (Å²) < 4.78 is 0. The van der Waals surface area contributed by atoms with Crippen LogP contribution in [-0.2, 0) is 57.5 Å². The number of aliphatic carboxylic acids is 1. The van der Waals surface area contributed by atoms with Crippen LogP contribution in [0.1, 0.15) is 95.4 Å². The van der Waals surface area contributed by atoms with E-state index in [2.05, 4.69) is 58.5 Å². The number of hydrogen-bond donors (Lipinski definition) is 13. The normalized spacial score (nSPS) is 16.0. The van der Waals surface area contributed by atoms with Gasteiger partial charge in [-0.2, -0.15) is 0 Å². The van der Waals surface area contributed by atoms with E-state index in [1.165, 1.54) is 76.2 Å². The second kappa shape index (κ2) is 27.5. The van der Waals surface area contributed by atoms with Crippen molar-refractivity contribution < 1.29 is 62.6 Å². The summed E-state index contributed by atoms with van der Waals surface area (Å²) >= 11 is 0. The van der Waals surface area contributed by atoms with Crippen molar-refractivity contribution in [1.29, 1.82) is 0 Å². The van der Waals surface area contributed by atoms with Gasteiger partial charge in [0.25, 0.3) is 0 Å². The SMILES string of the molecule is CC(=O)N[C@@H](CCCCN)C(=O)N[C@@H](C)C(=O)N[C@@H](C)C(=O)N[C@@H](C)C(=O)N[C@@H](C)C(=O)N[C@@H](C)C(=O)N[C@@H](C)C(=O)N[C@@H](C)C(=O)N[C@@H](C)C(=O)N[C@@H](C)C(=O)N[C@@H](C)C(=O)O. The minimum Gasteiger partial charge on any atom is -0.480 e. The highest BCUT2D eigenvalue weighted by molar-refractivity contribution is 5.98. The third-order valence-electron chi connectivity index (χ3n) is 9.14. The van der Waals surface area contributed by atoms with Crippen LogP contribution in [0.4, 0.5) is 0 Å². The van der Waals surface area contributed by atoms with Gasteiger partial charge in [0.15, 0.2) is 0 Å². The minimum atomic E-state index is -1.28. The molecule has 0 aromatic rings. The van der Waals surface area contributed by atoms with Gasteiger partial charge in [-0.05, 0) is 95.0 Å². The molecule has 0 aliphatic rings. The van der Waals surface area contributed by atoms with Gasteiger partial charge in [-0.1, -0.05) is 0 Å². The van der Waals surface area contributed by atoms with Crippen molar-refractivity contribution in [2.24, 2.45) is 5.73 Å². The van der Waals surface area contributed by atoms with Gasteiger partial charge >= 0.3 is 5.97 Å². The number of unbranched alkanes of at least 4 members (excludes halogenated alkanes) is 1. The summed E-state index contributed by atoms with van der Waals surface area (Å²) in [5.41, 5.74) is 5.49. The van der Waals surface area contributed by atoms with E-state index in [9.17, 15) is 57.5 Å². The highest BCUT2D eigenvalue weighted by Gasteiger charge is 2.30. The van der Waals surface area contributed by atoms with Crippen molar-refractivity contribution in [2.75, 3.05) is 6.54 Å². The van der Waals surface area contributed by atoms with Crippen LogP contribution in [0.2, 0.25) is 0 Å². The summed E-state index contributed by atoms with van der Waals surface area (Å²) in [6, 6.07) is -12.7. The van der Waals surface area contributed by atoms with Crippen molar-refractivity contribution in [3.8, 4) is 0 Å². The van der Waals surface area contributed by atoms with Gasteiger partial charge in [-0.15, -0.1) is 0 Å². The first-order chi connectivity index (χ1) is 29.1. The molecule has 14 N–H and O–H groups in total. The van der Waals surface area contributed by atoms with Crippen molar-refractivity contribution in [1.82, 2.24) is 58.5 Å². The predicted molar refractivity (Wildman–Crippen MR) is 224 cm³/mol. The topological polar surface area (TPSA) is 383 Å². The van der Waals surface area contributed by atoms with Gasteiger partial charge in [-0.3, -0.25) is 57.5 Å². The molecule has 0 bridgehead atoms. The van der Waals surface area contributed by atoms with Crippen LogP contribution in [0.25, 0.3) is 0 Å². The van der Waals surface area contributed by atoms with E-state index in [4.69, 9.17) is 10.8 Å². The van der Waals surface area contributed by atoms with E-state index >= 15 is 0 Å². The third kappa shape index (κ3) is 21.3. The standard InChI is InChI=1S/C38H66N12O13/c1-16(28(52)41-17(2)30(54)43-19(4)32(56)45-21(6)34(58)47-23(8)36(60)49-25(10)38(62)63)40-29(53)18(3)42-31(55)20(5)44-33(57)22(7)46-35(59)24(9)48-37(61)27(50-26(11)51)14-12-13-15-39/h16-25,27H,12-15,39H2,1-11H3,(H,40,53)(H,41,52)(H,42,55)(H,43,54)(H,44,57)(H,45,56)(H,46,59)(H,47,58)(H,48,61)(H,49,60)(H,50,51)(H,62,63)/t16-,17-,18-,19-,20-,21-,22-,23-,24-,25-,27-/m0/s1. The molecule has 0 radical (unpaired) electrons. The lowest BCUT2D eigenvalue weighted by molar-refractivity contribution is -0.141. The molecule has 11 atom stereocenters. The Kier molecular flexibility index (Phi) is 24.7. The lowest BCUT2D eigenvalue weighted by Crippen LogP contribution is -2.58. The summed E-state index contributed by atoms with van der Waals surface area (Å²) in [4.78, 5) is 149. The van der Waals surface area contributed by atoms with Crippen molar-refractivity contribution in [2.45, 2.75) is 162 Å². The summed E-state index contributed by atoms with van der Waals surface area (Å²) in [5.74, 6) is -9.30. The molecule has 25 nitrogen and oxygen atoms in total. The molecule has 0 aromatic heterocycles. The zero-order chi connectivity index (χ0) is 48.9. The smallest absolute Gasteiger partial charge is 0.325 e. The highest BCUT2D eigenvalue weighted by Crippen LogP contribution is 2.02. The summed E-state index contributed by atoms with van der Waals surface area (Å²) in [5, 5.41) is 35.2. The maximum absolute atomic E-state index is 12.8. The molecule has 0 fully saturated rings. The molecule has 0 aliphatic carbocycles. The van der Waals surface area contributed by atoms with Crippen LogP contribution < -0.4 is 64.2 Å². The monoisotopic (exact) mass is 898 g/mol. The molecule has 0 unspecified atom stereocenters. The highest BCUT2D eigenvalue weighted by atomic mass is 16.4. The van der Waals surface area contributed by atoms with E-state index in [1.807, 2.05) is 0 Å². The number of carbonyl (C=O) groups is 12. The predicted octanol–water partition coefficient (Wildman–Crippen LogP) is -5.25. The Labute approximate surface area is 365 Å². The third-order valence-corrected chi connectivity index (χ3v) is 9.14. The zero-order valence-electron chi connectivity index (χ0n) is 37.6. The van der Waals surface area contributed by atoms with Crippen molar-refractivity contribution in [3.05, 3.63) is 0 Å². The van der Waals surface area contributed by atoms with E-state index in [-0.39, 0.29) is 0 Å². The Balaban J connectivity index is 4.96. The summed E-state index contributed by atoms with van der Waals surface area (Å²) in [6.45, 7) is 14.8. The maximum atomic E-state index is 12.8. The van der Waals surface area contributed by atoms with Gasteiger partial charge < -0.3 is 69.3 Å². The fraction of sp³-hybridized carbons (Fsp3) is 0.684. The Morgan fingerprint density at radius 1 is 0.349 bits per heavy atom. The zero-order valence-corrected chi connectivity index (χ0v) is 37.6. The van der Waals surface area contributed by atoms with Gasteiger partial charge in [0.05, 0.1) is 0 Å². The Bertz CT molecular complexity index is 1700. The maximum Gasteiger partial charge on any atom is 0.325 e. The molecule has 0 heterocycles. The molecule has 11 amide bonds. The number of rotatable bonds is 26. The molecule has 63 heavy (non-hydrogen) atoms. The van der Waals surface area contributed by atoms with Crippen LogP contribution in [0.15, 0.2) is 0 Å². The number of carboxylic acids is 1. The van der Waals surface area contributed by atoms with Gasteiger partial charge in [0.1, 0.15) is 66.5 Å². The Morgan fingerprint density at radius 3 is 0.746 bits per heavy atom. The van der Waals surface area contributed by atoms with E-state index in [1.54, 1.807) is 0 Å². The van der Waals surface area contributed by atoms with Crippen molar-refractivity contribution >= 4 is 70.9 Å². The number of carbonyl (C=O) groups excluding carboxylic acids is 11. The lowest BCUT2D eigenvalue weighted by atomic mass is 10.1. The summed E-state index contributed by atoms with van der Waals surface area (Å²) in [7, 11) is 0. The number of nitrogens with one attached hydrogen (secondary N) is 11. The Morgan fingerprint density at radius 2 is 0.556 bits per heavy atom. The lowest BCUT2D eigenvalue weighted by Gasteiger charge is -2.24. The van der Waals surface area contributed by atoms with Crippen LogP contribution in [-0.4, -0.2) is 149 Å². The molecular formula is C38H66N12O13. The molecule has 0 rings (SSSR count). The number of nitrogens with two attached hydrogens (primary N) is 1. The quantitative estimate of drug-likeness (QED) is 0.0361. The second-order valence-electron chi connectivity index (χ2n) is 15.2. The molecule has 0 aromatic carbocycles. The van der Waals surface area contributed by atoms with Crippen LogP contribution in [0.5, 0.6) is 0 Å². The van der Waals surface area contributed by atoms with Crippen molar-refractivity contribution in [3.63, 3.8) is 0 Å². The van der Waals surface area contributed by atoms with E-state index in [0.29, 0.717) is 25.8 Å². The molecule has 25 heteroatoms. The molecular weight excluding hydrogens is 832 g/mol. The van der Waals surface area contributed by atoms with Crippen LogP contribution in [0.3, 0.4) is 0 Å². The summed E-state index contributed by atoms with van der Waals surface area (Å²) in [6.07, 6.45) is 1.49. The Hall–Kier alpha value is -6.40. The van der Waals surface area contributed by atoms with Crippen LogP contribution in [0, 0.1) is 0 Å². The molecule has 356 valence electrons. The first kappa shape index (κ1) is 56.6. The molecule has 0 saturated carbocycles. The first-order valence-corrected chi connectivity index (χ1v) is 20.4. The molecule has 0 spiro atoms. The van der Waals surface area contributed by atoms with Gasteiger partial charge in [0, 0.05) is 6.92 Å². The minimum absolute atomic E-state index is 0.300. The second-order valence-corrected chi connectivity index (χ2v) is 15.2. The average Bonchev–Trinajstić information content (AvgIpc) is 3.19. The molecule has 0 aliphatic heterocycles. The van der Waals surface area contributed by atoms with Crippen LogP contribution >= 0.6 is 0 Å². The number of amides is 11. The first-order valence-electron chi connectivity index (χ1n) is 20.4. The van der Waals surface area contributed by atoms with E-state index in [0.717, 1.165) is 0 Å².